The van der Waals surface area contributed by atoms with Crippen molar-refractivity contribution >= 4 is 23.1 Å². The normalized spacial score (nSPS) is 21.5. The number of pyridine rings is 1. The van der Waals surface area contributed by atoms with Crippen LogP contribution in [0.2, 0.25) is 0 Å². The lowest BCUT2D eigenvalue weighted by atomic mass is 9.94. The number of rotatable bonds is 5. The Morgan fingerprint density at radius 3 is 2.75 bits per heavy atom. The number of aromatic nitrogens is 1. The molecule has 0 spiro atoms. The average Bonchev–Trinajstić information content (AvgIpc) is 3.72. The molecule has 2 aromatic rings. The molecule has 1 saturated heterocycles. The van der Waals surface area contributed by atoms with Gasteiger partial charge in [0.2, 0.25) is 5.91 Å². The number of aromatic amines is 1. The van der Waals surface area contributed by atoms with E-state index < -0.39 is 0 Å². The SMILES string of the molecule is Cc1c(-c2cccc(N3CCC4=C(C3)C(=O)C3CCCCN43)c2CO)c[nH]c(=O)c1NC(=O)C1CC1. The van der Waals surface area contributed by atoms with E-state index in [1.807, 2.05) is 25.1 Å². The van der Waals surface area contributed by atoms with Gasteiger partial charge in [0.1, 0.15) is 5.69 Å². The number of amides is 1. The topological polar surface area (TPSA) is 106 Å². The van der Waals surface area contributed by atoms with Crippen LogP contribution < -0.4 is 15.8 Å². The van der Waals surface area contributed by atoms with Crippen molar-refractivity contribution in [3.63, 3.8) is 0 Å². The number of aliphatic hydroxyl groups excluding tert-OH is 1. The lowest BCUT2D eigenvalue weighted by Crippen LogP contribution is -2.38. The molecule has 36 heavy (non-hydrogen) atoms. The second-order valence-electron chi connectivity index (χ2n) is 10.4. The first kappa shape index (κ1) is 23.0. The quantitative estimate of drug-likeness (QED) is 0.597. The lowest BCUT2D eigenvalue weighted by Gasteiger charge is -2.36. The molecule has 4 heterocycles. The van der Waals surface area contributed by atoms with Gasteiger partial charge in [0, 0.05) is 66.3 Å². The molecule has 2 fully saturated rings. The first-order chi connectivity index (χ1) is 17.5. The zero-order valence-electron chi connectivity index (χ0n) is 20.6. The minimum absolute atomic E-state index is 0.0134. The maximum absolute atomic E-state index is 13.2. The van der Waals surface area contributed by atoms with Crippen molar-refractivity contribution in [1.29, 1.82) is 0 Å². The second-order valence-corrected chi connectivity index (χ2v) is 10.4. The smallest absolute Gasteiger partial charge is 0.272 e. The molecule has 0 bridgehead atoms. The van der Waals surface area contributed by atoms with Gasteiger partial charge in [0.15, 0.2) is 5.78 Å². The second kappa shape index (κ2) is 8.92. The van der Waals surface area contributed by atoms with E-state index in [9.17, 15) is 19.5 Å². The molecule has 8 heteroatoms. The molecule has 1 saturated carbocycles. The number of nitrogens with zero attached hydrogens (tertiary/aromatic N) is 2. The average molecular weight is 489 g/mol. The Labute approximate surface area is 210 Å². The summed E-state index contributed by atoms with van der Waals surface area (Å²) in [5.74, 6) is 0.135. The third-order valence-corrected chi connectivity index (χ3v) is 8.26. The van der Waals surface area contributed by atoms with Crippen LogP contribution in [-0.4, -0.2) is 52.4 Å². The summed E-state index contributed by atoms with van der Waals surface area (Å²) in [6.45, 7) is 3.94. The first-order valence-electron chi connectivity index (χ1n) is 13.0. The van der Waals surface area contributed by atoms with E-state index in [4.69, 9.17) is 0 Å². The van der Waals surface area contributed by atoms with Gasteiger partial charge in [-0.15, -0.1) is 0 Å². The summed E-state index contributed by atoms with van der Waals surface area (Å²) in [5.41, 5.74) is 5.96. The van der Waals surface area contributed by atoms with Crippen LogP contribution in [0.3, 0.4) is 0 Å². The number of hydrogen-bond donors (Lipinski definition) is 3. The van der Waals surface area contributed by atoms with Crippen molar-refractivity contribution in [2.45, 2.75) is 58.1 Å². The van der Waals surface area contributed by atoms with Gasteiger partial charge in [-0.2, -0.15) is 0 Å². The molecular formula is C28H32N4O4. The third-order valence-electron chi connectivity index (χ3n) is 8.26. The Hall–Kier alpha value is -3.39. The van der Waals surface area contributed by atoms with E-state index in [0.717, 1.165) is 79.6 Å². The fourth-order valence-corrected chi connectivity index (χ4v) is 6.14. The monoisotopic (exact) mass is 488 g/mol. The highest BCUT2D eigenvalue weighted by Crippen LogP contribution is 2.40. The summed E-state index contributed by atoms with van der Waals surface area (Å²) in [7, 11) is 0. The molecular weight excluding hydrogens is 456 g/mol. The zero-order chi connectivity index (χ0) is 25.0. The van der Waals surface area contributed by atoms with Crippen molar-refractivity contribution in [1.82, 2.24) is 9.88 Å². The fourth-order valence-electron chi connectivity index (χ4n) is 6.14. The zero-order valence-corrected chi connectivity index (χ0v) is 20.6. The van der Waals surface area contributed by atoms with Gasteiger partial charge in [-0.25, -0.2) is 0 Å². The number of benzene rings is 1. The van der Waals surface area contributed by atoms with Gasteiger partial charge in [0.05, 0.1) is 12.6 Å². The minimum atomic E-state index is -0.335. The van der Waals surface area contributed by atoms with Gasteiger partial charge >= 0.3 is 0 Å². The third kappa shape index (κ3) is 3.75. The molecule has 1 unspecified atom stereocenters. The predicted molar refractivity (Wildman–Crippen MR) is 138 cm³/mol. The van der Waals surface area contributed by atoms with Crippen LogP contribution in [0.4, 0.5) is 11.4 Å². The maximum Gasteiger partial charge on any atom is 0.272 e. The van der Waals surface area contributed by atoms with E-state index in [-0.39, 0.29) is 41.5 Å². The summed E-state index contributed by atoms with van der Waals surface area (Å²) >= 11 is 0. The van der Waals surface area contributed by atoms with E-state index in [0.29, 0.717) is 12.1 Å². The number of H-pyrrole nitrogens is 1. The Morgan fingerprint density at radius 2 is 1.97 bits per heavy atom. The van der Waals surface area contributed by atoms with Gasteiger partial charge in [-0.1, -0.05) is 12.1 Å². The van der Waals surface area contributed by atoms with Crippen LogP contribution in [0.5, 0.6) is 0 Å². The highest BCUT2D eigenvalue weighted by atomic mass is 16.3. The molecule has 1 atom stereocenters. The number of piperidine rings is 1. The standard InChI is InChI=1S/C28H32N4O4/c1-16-19(13-29-28(36)25(16)30-27(35)17-8-9-17)18-5-4-7-22(21(18)15-33)31-12-10-23-20(14-31)26(34)24-6-2-3-11-32(23)24/h4-5,7,13,17,24,33H,2-3,6,8-12,14-15H2,1H3,(H,29,36)(H,30,35). The molecule has 1 aromatic heterocycles. The summed E-state index contributed by atoms with van der Waals surface area (Å²) in [4.78, 5) is 45.4. The Morgan fingerprint density at radius 1 is 1.14 bits per heavy atom. The molecule has 3 aliphatic heterocycles. The number of nitrogens with one attached hydrogen (secondary N) is 2. The molecule has 8 nitrogen and oxygen atoms in total. The number of Topliss-reactive ketones (excluding diaryl/α,β-unsaturated/α-hetero) is 1. The highest BCUT2D eigenvalue weighted by molar-refractivity contribution is 6.04. The van der Waals surface area contributed by atoms with Gasteiger partial charge in [-0.05, 0) is 56.2 Å². The van der Waals surface area contributed by atoms with Gasteiger partial charge in [-0.3, -0.25) is 14.4 Å². The van der Waals surface area contributed by atoms with E-state index in [1.165, 1.54) is 5.70 Å². The summed E-state index contributed by atoms with van der Waals surface area (Å²) in [6, 6.07) is 5.88. The van der Waals surface area contributed by atoms with Crippen LogP contribution in [0, 0.1) is 12.8 Å². The number of carbonyl (C=O) groups excluding carboxylic acids is 2. The van der Waals surface area contributed by atoms with Crippen molar-refractivity contribution in [2.75, 3.05) is 29.9 Å². The molecule has 1 aliphatic carbocycles. The van der Waals surface area contributed by atoms with Crippen LogP contribution in [0.15, 0.2) is 40.5 Å². The molecule has 6 rings (SSSR count). The maximum atomic E-state index is 13.2. The van der Waals surface area contributed by atoms with Gasteiger partial charge < -0.3 is 25.2 Å². The molecule has 1 aromatic carbocycles. The Bertz CT molecular complexity index is 1340. The summed E-state index contributed by atoms with van der Waals surface area (Å²) in [5, 5.41) is 13.3. The van der Waals surface area contributed by atoms with Crippen LogP contribution in [0.25, 0.3) is 11.1 Å². The number of anilines is 2. The Kier molecular flexibility index (Phi) is 5.71. The fraction of sp³-hybridized carbons (Fsp3) is 0.464. The van der Waals surface area contributed by atoms with E-state index >= 15 is 0 Å². The summed E-state index contributed by atoms with van der Waals surface area (Å²) in [6.07, 6.45) is 7.37. The Balaban J connectivity index is 1.34. The van der Waals surface area contributed by atoms with Crippen molar-refractivity contribution in [3.8, 4) is 11.1 Å². The van der Waals surface area contributed by atoms with Crippen LogP contribution in [0.1, 0.15) is 49.7 Å². The van der Waals surface area contributed by atoms with E-state index in [1.54, 1.807) is 6.20 Å². The highest BCUT2D eigenvalue weighted by Gasteiger charge is 2.42. The molecule has 4 aliphatic rings. The molecule has 0 radical (unpaired) electrons. The minimum Gasteiger partial charge on any atom is -0.392 e. The lowest BCUT2D eigenvalue weighted by molar-refractivity contribution is -0.119. The van der Waals surface area contributed by atoms with E-state index in [2.05, 4.69) is 20.1 Å². The van der Waals surface area contributed by atoms with Crippen LogP contribution in [-0.2, 0) is 16.2 Å². The van der Waals surface area contributed by atoms with Crippen molar-refractivity contribution in [3.05, 3.63) is 57.1 Å². The van der Waals surface area contributed by atoms with Crippen molar-refractivity contribution < 1.29 is 14.7 Å². The number of ketones is 1. The number of hydrogen-bond acceptors (Lipinski definition) is 6. The van der Waals surface area contributed by atoms with Crippen molar-refractivity contribution in [2.24, 2.45) is 5.92 Å². The predicted octanol–water partition coefficient (Wildman–Crippen LogP) is 3.09. The summed E-state index contributed by atoms with van der Waals surface area (Å²) < 4.78 is 0. The largest absolute Gasteiger partial charge is 0.392 e. The first-order valence-corrected chi connectivity index (χ1v) is 13.0. The number of fused-ring (bicyclic) bond motifs is 2. The molecule has 1 amide bonds. The number of aliphatic hydroxyl groups is 1. The van der Waals surface area contributed by atoms with Crippen LogP contribution >= 0.6 is 0 Å². The molecule has 188 valence electrons. The van der Waals surface area contributed by atoms with Gasteiger partial charge in [0.25, 0.3) is 5.56 Å². The number of carbonyl (C=O) groups is 2. The molecule has 3 N–H and O–H groups in total.